The Bertz CT molecular complexity index is 324. The van der Waals surface area contributed by atoms with Gasteiger partial charge in [0.15, 0.2) is 5.22 Å². The molecule has 1 aromatic rings. The molecule has 0 saturated carbocycles. The SMILES string of the molecule is CCOC(=O)C(C)SCc1ccc(Cl)o1. The molecular weight excluding hydrogens is 236 g/mol. The van der Waals surface area contributed by atoms with Gasteiger partial charge >= 0.3 is 5.97 Å². The summed E-state index contributed by atoms with van der Waals surface area (Å²) in [4.78, 5) is 11.3. The van der Waals surface area contributed by atoms with Gasteiger partial charge in [0, 0.05) is 0 Å². The van der Waals surface area contributed by atoms with E-state index in [4.69, 9.17) is 20.8 Å². The lowest BCUT2D eigenvalue weighted by Crippen LogP contribution is -2.16. The summed E-state index contributed by atoms with van der Waals surface area (Å²) < 4.78 is 10.0. The molecule has 0 fully saturated rings. The highest BCUT2D eigenvalue weighted by Gasteiger charge is 2.14. The monoisotopic (exact) mass is 248 g/mol. The molecule has 0 bridgehead atoms. The molecule has 84 valence electrons. The van der Waals surface area contributed by atoms with Crippen LogP contribution in [0.4, 0.5) is 0 Å². The Kier molecular flexibility index (Phi) is 5.05. The Hall–Kier alpha value is -0.610. The van der Waals surface area contributed by atoms with E-state index < -0.39 is 0 Å². The second-order valence-electron chi connectivity index (χ2n) is 2.91. The van der Waals surface area contributed by atoms with Crippen LogP contribution in [0.25, 0.3) is 0 Å². The highest BCUT2D eigenvalue weighted by atomic mass is 35.5. The van der Waals surface area contributed by atoms with Gasteiger partial charge in [0.1, 0.15) is 11.0 Å². The molecule has 1 atom stereocenters. The van der Waals surface area contributed by atoms with E-state index in [1.807, 2.05) is 6.92 Å². The van der Waals surface area contributed by atoms with E-state index in [9.17, 15) is 4.79 Å². The van der Waals surface area contributed by atoms with Crippen molar-refractivity contribution in [2.75, 3.05) is 6.61 Å². The first-order chi connectivity index (χ1) is 7.13. The molecule has 3 nitrogen and oxygen atoms in total. The third-order valence-electron chi connectivity index (χ3n) is 1.72. The average Bonchev–Trinajstić information content (AvgIpc) is 2.61. The molecular formula is C10H13ClO3S. The molecule has 1 rings (SSSR count). The highest BCUT2D eigenvalue weighted by Crippen LogP contribution is 2.22. The fourth-order valence-corrected chi connectivity index (χ4v) is 1.90. The second-order valence-corrected chi connectivity index (χ2v) is 4.61. The van der Waals surface area contributed by atoms with Crippen molar-refractivity contribution in [3.63, 3.8) is 0 Å². The number of rotatable bonds is 5. The Balaban J connectivity index is 2.33. The van der Waals surface area contributed by atoms with E-state index in [0.29, 0.717) is 17.6 Å². The van der Waals surface area contributed by atoms with Crippen LogP contribution in [0.5, 0.6) is 0 Å². The van der Waals surface area contributed by atoms with Gasteiger partial charge in [0.25, 0.3) is 0 Å². The summed E-state index contributed by atoms with van der Waals surface area (Å²) in [5.74, 6) is 1.19. The van der Waals surface area contributed by atoms with Gasteiger partial charge in [-0.05, 0) is 37.6 Å². The zero-order valence-electron chi connectivity index (χ0n) is 8.66. The van der Waals surface area contributed by atoms with Crippen molar-refractivity contribution in [3.05, 3.63) is 23.1 Å². The Morgan fingerprint density at radius 2 is 2.40 bits per heavy atom. The molecule has 0 aliphatic heterocycles. The smallest absolute Gasteiger partial charge is 0.318 e. The van der Waals surface area contributed by atoms with Gasteiger partial charge in [0.05, 0.1) is 12.4 Å². The topological polar surface area (TPSA) is 39.4 Å². The lowest BCUT2D eigenvalue weighted by atomic mass is 10.5. The fourth-order valence-electron chi connectivity index (χ4n) is 0.964. The summed E-state index contributed by atoms with van der Waals surface area (Å²) in [5, 5.41) is 0.184. The maximum atomic E-state index is 11.3. The molecule has 0 saturated heterocycles. The molecule has 0 radical (unpaired) electrons. The number of esters is 1. The lowest BCUT2D eigenvalue weighted by Gasteiger charge is -2.08. The number of halogens is 1. The maximum Gasteiger partial charge on any atom is 0.318 e. The number of carbonyl (C=O) groups excluding carboxylic acids is 1. The number of hydrogen-bond acceptors (Lipinski definition) is 4. The Morgan fingerprint density at radius 1 is 1.67 bits per heavy atom. The quantitative estimate of drug-likeness (QED) is 0.751. The van der Waals surface area contributed by atoms with Crippen LogP contribution in [0, 0.1) is 0 Å². The van der Waals surface area contributed by atoms with Crippen LogP contribution in [-0.2, 0) is 15.3 Å². The van der Waals surface area contributed by atoms with E-state index in [0.717, 1.165) is 5.76 Å². The molecule has 0 N–H and O–H groups in total. The summed E-state index contributed by atoms with van der Waals surface area (Å²) in [5.41, 5.74) is 0. The van der Waals surface area contributed by atoms with Crippen LogP contribution >= 0.6 is 23.4 Å². The van der Waals surface area contributed by atoms with Crippen LogP contribution in [0.1, 0.15) is 19.6 Å². The fraction of sp³-hybridized carbons (Fsp3) is 0.500. The zero-order valence-corrected chi connectivity index (χ0v) is 10.2. The minimum atomic E-state index is -0.194. The molecule has 0 aromatic carbocycles. The van der Waals surface area contributed by atoms with Gasteiger partial charge in [-0.3, -0.25) is 4.79 Å². The number of ether oxygens (including phenoxy) is 1. The second kappa shape index (κ2) is 6.08. The van der Waals surface area contributed by atoms with Gasteiger partial charge < -0.3 is 9.15 Å². The van der Waals surface area contributed by atoms with Crippen molar-refractivity contribution in [3.8, 4) is 0 Å². The van der Waals surface area contributed by atoms with E-state index in [2.05, 4.69) is 0 Å². The summed E-state index contributed by atoms with van der Waals surface area (Å²) in [6.45, 7) is 4.02. The van der Waals surface area contributed by atoms with E-state index in [-0.39, 0.29) is 11.2 Å². The molecule has 15 heavy (non-hydrogen) atoms. The van der Waals surface area contributed by atoms with Crippen LogP contribution in [-0.4, -0.2) is 17.8 Å². The van der Waals surface area contributed by atoms with Crippen LogP contribution in [0.15, 0.2) is 16.5 Å². The van der Waals surface area contributed by atoms with Crippen LogP contribution < -0.4 is 0 Å². The molecule has 0 aliphatic rings. The first-order valence-electron chi connectivity index (χ1n) is 4.66. The van der Waals surface area contributed by atoms with Crippen molar-refractivity contribution < 1.29 is 13.9 Å². The van der Waals surface area contributed by atoms with Gasteiger partial charge in [0.2, 0.25) is 0 Å². The van der Waals surface area contributed by atoms with Crippen molar-refractivity contribution in [2.45, 2.75) is 24.9 Å². The molecule has 1 heterocycles. The molecule has 1 aromatic heterocycles. The lowest BCUT2D eigenvalue weighted by molar-refractivity contribution is -0.142. The van der Waals surface area contributed by atoms with E-state index in [1.165, 1.54) is 11.8 Å². The first-order valence-corrected chi connectivity index (χ1v) is 6.08. The Labute approximate surface area is 98.1 Å². The van der Waals surface area contributed by atoms with Gasteiger partial charge in [-0.2, -0.15) is 0 Å². The minimum Gasteiger partial charge on any atom is -0.465 e. The first kappa shape index (κ1) is 12.5. The van der Waals surface area contributed by atoms with Crippen molar-refractivity contribution in [2.24, 2.45) is 0 Å². The highest BCUT2D eigenvalue weighted by molar-refractivity contribution is 7.99. The summed E-state index contributed by atoms with van der Waals surface area (Å²) in [7, 11) is 0. The zero-order chi connectivity index (χ0) is 11.3. The summed E-state index contributed by atoms with van der Waals surface area (Å²) in [6, 6.07) is 3.49. The van der Waals surface area contributed by atoms with Gasteiger partial charge in [-0.25, -0.2) is 0 Å². The Morgan fingerprint density at radius 3 is 2.93 bits per heavy atom. The van der Waals surface area contributed by atoms with E-state index >= 15 is 0 Å². The van der Waals surface area contributed by atoms with E-state index in [1.54, 1.807) is 19.1 Å². The van der Waals surface area contributed by atoms with Crippen molar-refractivity contribution in [1.82, 2.24) is 0 Å². The third kappa shape index (κ3) is 4.18. The standard InChI is InChI=1S/C10H13ClO3S/c1-3-13-10(12)7(2)15-6-8-4-5-9(11)14-8/h4-5,7H,3,6H2,1-2H3. The van der Waals surface area contributed by atoms with Crippen LogP contribution in [0.3, 0.4) is 0 Å². The molecule has 0 amide bonds. The predicted octanol–water partition coefficient (Wildman–Crippen LogP) is 3.12. The molecule has 1 unspecified atom stereocenters. The third-order valence-corrected chi connectivity index (χ3v) is 3.07. The molecule has 0 spiro atoms. The largest absolute Gasteiger partial charge is 0.465 e. The number of hydrogen-bond donors (Lipinski definition) is 0. The maximum absolute atomic E-state index is 11.3. The average molecular weight is 249 g/mol. The number of carbonyl (C=O) groups is 1. The molecule has 5 heteroatoms. The minimum absolute atomic E-state index is 0.186. The van der Waals surface area contributed by atoms with Gasteiger partial charge in [-0.1, -0.05) is 0 Å². The normalized spacial score (nSPS) is 12.5. The van der Waals surface area contributed by atoms with Crippen molar-refractivity contribution >= 4 is 29.3 Å². The predicted molar refractivity (Wildman–Crippen MR) is 61.1 cm³/mol. The summed E-state index contributed by atoms with van der Waals surface area (Å²) in [6.07, 6.45) is 0. The summed E-state index contributed by atoms with van der Waals surface area (Å²) >= 11 is 7.08. The van der Waals surface area contributed by atoms with Crippen LogP contribution in [0.2, 0.25) is 5.22 Å². The van der Waals surface area contributed by atoms with Gasteiger partial charge in [-0.15, -0.1) is 11.8 Å². The molecule has 0 aliphatic carbocycles. The van der Waals surface area contributed by atoms with Crippen molar-refractivity contribution in [1.29, 1.82) is 0 Å². The number of thioether (sulfide) groups is 1. The number of furan rings is 1.